The van der Waals surface area contributed by atoms with Gasteiger partial charge < -0.3 is 20.4 Å². The largest absolute Gasteiger partial charge is 0.370 e. The van der Waals surface area contributed by atoms with E-state index in [1.54, 1.807) is 0 Å². The summed E-state index contributed by atoms with van der Waals surface area (Å²) >= 11 is 0. The molecule has 16 heavy (non-hydrogen) atoms. The van der Waals surface area contributed by atoms with Crippen LogP contribution in [0.25, 0.3) is 0 Å². The quantitative estimate of drug-likeness (QED) is 0.736. The van der Waals surface area contributed by atoms with Gasteiger partial charge in [-0.2, -0.15) is 0 Å². The second-order valence-electron chi connectivity index (χ2n) is 3.70. The lowest BCUT2D eigenvalue weighted by Gasteiger charge is -2.13. The van der Waals surface area contributed by atoms with Gasteiger partial charge in [0.2, 0.25) is 0 Å². The number of carbonyl (C=O) groups excluding carboxylic acids is 1. The third-order valence-electron chi connectivity index (χ3n) is 2.71. The summed E-state index contributed by atoms with van der Waals surface area (Å²) in [5.41, 5.74) is 7.61. The second-order valence-corrected chi connectivity index (χ2v) is 3.70. The second kappa shape index (κ2) is 5.67. The van der Waals surface area contributed by atoms with E-state index in [0.717, 1.165) is 11.4 Å². The Hall–Kier alpha value is -1.33. The van der Waals surface area contributed by atoms with E-state index in [0.29, 0.717) is 6.54 Å². The Labute approximate surface area is 95.6 Å². The van der Waals surface area contributed by atoms with Gasteiger partial charge in [0, 0.05) is 32.1 Å². The Morgan fingerprint density at radius 3 is 2.75 bits per heavy atom. The zero-order chi connectivity index (χ0) is 12.1. The highest BCUT2D eigenvalue weighted by Gasteiger charge is 2.15. The van der Waals surface area contributed by atoms with Gasteiger partial charge >= 0.3 is 0 Å². The van der Waals surface area contributed by atoms with E-state index >= 15 is 0 Å². The van der Waals surface area contributed by atoms with Crippen molar-refractivity contribution < 1.29 is 9.53 Å². The summed E-state index contributed by atoms with van der Waals surface area (Å²) in [7, 11) is 3.44. The summed E-state index contributed by atoms with van der Waals surface area (Å²) in [5, 5.41) is 2.79. The number of aromatic nitrogens is 1. The minimum atomic E-state index is -0.568. The van der Waals surface area contributed by atoms with E-state index in [2.05, 4.69) is 5.32 Å². The predicted octanol–water partition coefficient (Wildman–Crippen LogP) is -0.0766. The Morgan fingerprint density at radius 1 is 1.62 bits per heavy atom. The third kappa shape index (κ3) is 2.84. The molecule has 1 aromatic rings. The maximum atomic E-state index is 11.6. The molecule has 0 bridgehead atoms. The molecule has 1 atom stereocenters. The van der Waals surface area contributed by atoms with Gasteiger partial charge in [-0.25, -0.2) is 0 Å². The molecule has 1 aromatic heterocycles. The van der Waals surface area contributed by atoms with Gasteiger partial charge in [-0.05, 0) is 19.1 Å². The molecule has 0 saturated heterocycles. The lowest BCUT2D eigenvalue weighted by molar-refractivity contribution is -0.130. The highest BCUT2D eigenvalue weighted by atomic mass is 16.5. The van der Waals surface area contributed by atoms with Crippen LogP contribution >= 0.6 is 0 Å². The van der Waals surface area contributed by atoms with Crippen LogP contribution in [0.3, 0.4) is 0 Å². The normalized spacial score (nSPS) is 12.5. The molecule has 1 amide bonds. The van der Waals surface area contributed by atoms with Crippen molar-refractivity contribution in [1.82, 2.24) is 9.88 Å². The first-order chi connectivity index (χ1) is 7.60. The lowest BCUT2D eigenvalue weighted by Crippen LogP contribution is -2.40. The van der Waals surface area contributed by atoms with Crippen molar-refractivity contribution in [2.24, 2.45) is 12.8 Å². The fourth-order valence-electron chi connectivity index (χ4n) is 1.45. The number of nitrogens with one attached hydrogen (secondary N) is 1. The molecule has 0 radical (unpaired) electrons. The smallest absolute Gasteiger partial charge is 0.250 e. The molecule has 3 N–H and O–H groups in total. The van der Waals surface area contributed by atoms with E-state index in [1.165, 1.54) is 7.11 Å². The number of hydrogen-bond acceptors (Lipinski definition) is 3. The van der Waals surface area contributed by atoms with E-state index in [-0.39, 0.29) is 12.5 Å². The summed E-state index contributed by atoms with van der Waals surface area (Å²) < 4.78 is 6.97. The number of ether oxygens (including phenoxy) is 1. The number of amides is 1. The molecule has 0 aliphatic rings. The molecule has 0 fully saturated rings. The van der Waals surface area contributed by atoms with Crippen molar-refractivity contribution in [1.29, 1.82) is 0 Å². The fraction of sp³-hybridized carbons (Fsp3) is 0.545. The van der Waals surface area contributed by atoms with E-state index in [9.17, 15) is 4.79 Å². The van der Waals surface area contributed by atoms with Crippen LogP contribution in [0.2, 0.25) is 0 Å². The summed E-state index contributed by atoms with van der Waals surface area (Å²) in [6.45, 7) is 2.70. The van der Waals surface area contributed by atoms with Gasteiger partial charge in [-0.3, -0.25) is 4.79 Å². The minimum Gasteiger partial charge on any atom is -0.370 e. The zero-order valence-electron chi connectivity index (χ0n) is 9.99. The summed E-state index contributed by atoms with van der Waals surface area (Å²) in [4.78, 5) is 11.6. The Balaban J connectivity index is 2.52. The van der Waals surface area contributed by atoms with Crippen molar-refractivity contribution in [2.75, 3.05) is 13.7 Å². The standard InChI is InChI=1S/C11H19N3O2/c1-8-4-5-9(14(8)2)7-13-11(15)10(6-12)16-3/h4-5,10H,6-7,12H2,1-3H3,(H,13,15). The summed E-state index contributed by atoms with van der Waals surface area (Å²) in [6, 6.07) is 4.00. The van der Waals surface area contributed by atoms with Crippen molar-refractivity contribution in [3.8, 4) is 0 Å². The Kier molecular flexibility index (Phi) is 4.52. The van der Waals surface area contributed by atoms with Crippen LogP contribution in [0, 0.1) is 6.92 Å². The van der Waals surface area contributed by atoms with Gasteiger partial charge in [0.05, 0.1) is 6.54 Å². The van der Waals surface area contributed by atoms with Crippen LogP contribution in [-0.4, -0.2) is 30.2 Å². The molecule has 1 unspecified atom stereocenters. The topological polar surface area (TPSA) is 69.3 Å². The van der Waals surface area contributed by atoms with Gasteiger partial charge in [0.25, 0.3) is 5.91 Å². The number of carbonyl (C=O) groups is 1. The number of hydrogen-bond donors (Lipinski definition) is 2. The maximum absolute atomic E-state index is 11.6. The van der Waals surface area contributed by atoms with Gasteiger partial charge in [0.1, 0.15) is 6.10 Å². The number of aryl methyl sites for hydroxylation is 1. The molecular formula is C11H19N3O2. The highest BCUT2D eigenvalue weighted by Crippen LogP contribution is 2.05. The van der Waals surface area contributed by atoms with Crippen LogP contribution < -0.4 is 11.1 Å². The first-order valence-corrected chi connectivity index (χ1v) is 5.22. The van der Waals surface area contributed by atoms with Gasteiger partial charge in [0.15, 0.2) is 0 Å². The summed E-state index contributed by atoms with van der Waals surface area (Å²) in [5.74, 6) is -0.177. The van der Waals surface area contributed by atoms with E-state index in [1.807, 2.05) is 30.7 Å². The predicted molar refractivity (Wildman–Crippen MR) is 61.8 cm³/mol. The lowest BCUT2D eigenvalue weighted by atomic mass is 10.3. The molecule has 0 aliphatic carbocycles. The molecule has 5 nitrogen and oxygen atoms in total. The number of nitrogens with zero attached hydrogens (tertiary/aromatic N) is 1. The minimum absolute atomic E-state index is 0.177. The van der Waals surface area contributed by atoms with Crippen LogP contribution in [0.1, 0.15) is 11.4 Å². The van der Waals surface area contributed by atoms with Crippen molar-refractivity contribution >= 4 is 5.91 Å². The maximum Gasteiger partial charge on any atom is 0.250 e. The number of rotatable bonds is 5. The van der Waals surface area contributed by atoms with Crippen LogP contribution in [-0.2, 0) is 23.1 Å². The Bertz CT molecular complexity index is 356. The molecular weight excluding hydrogens is 206 g/mol. The molecule has 1 rings (SSSR count). The van der Waals surface area contributed by atoms with Crippen LogP contribution in [0.4, 0.5) is 0 Å². The van der Waals surface area contributed by atoms with Gasteiger partial charge in [-0.15, -0.1) is 0 Å². The van der Waals surface area contributed by atoms with Crippen molar-refractivity contribution in [2.45, 2.75) is 19.6 Å². The van der Waals surface area contributed by atoms with E-state index in [4.69, 9.17) is 10.5 Å². The van der Waals surface area contributed by atoms with E-state index < -0.39 is 6.10 Å². The van der Waals surface area contributed by atoms with Crippen LogP contribution in [0.5, 0.6) is 0 Å². The number of methoxy groups -OCH3 is 1. The fourth-order valence-corrected chi connectivity index (χ4v) is 1.45. The number of nitrogens with two attached hydrogens (primary N) is 1. The van der Waals surface area contributed by atoms with Crippen molar-refractivity contribution in [3.05, 3.63) is 23.5 Å². The third-order valence-corrected chi connectivity index (χ3v) is 2.71. The SMILES string of the molecule is COC(CN)C(=O)NCc1ccc(C)n1C. The highest BCUT2D eigenvalue weighted by molar-refractivity contribution is 5.80. The summed E-state index contributed by atoms with van der Waals surface area (Å²) in [6.07, 6.45) is -0.568. The zero-order valence-corrected chi connectivity index (χ0v) is 9.99. The molecule has 0 saturated carbocycles. The van der Waals surface area contributed by atoms with Crippen molar-refractivity contribution in [3.63, 3.8) is 0 Å². The first-order valence-electron chi connectivity index (χ1n) is 5.22. The average molecular weight is 225 g/mol. The van der Waals surface area contributed by atoms with Crippen LogP contribution in [0.15, 0.2) is 12.1 Å². The average Bonchev–Trinajstić information content (AvgIpc) is 2.59. The molecule has 1 heterocycles. The first kappa shape index (κ1) is 12.7. The monoisotopic (exact) mass is 225 g/mol. The Morgan fingerprint density at radius 2 is 2.31 bits per heavy atom. The molecule has 90 valence electrons. The molecule has 0 aromatic carbocycles. The molecule has 5 heteroatoms. The molecule has 0 aliphatic heterocycles. The molecule has 0 spiro atoms. The van der Waals surface area contributed by atoms with Gasteiger partial charge in [-0.1, -0.05) is 0 Å².